The molecule has 4 N–H and O–H groups in total. The third kappa shape index (κ3) is 5.38. The number of carbonyl (C=O) groups is 2. The van der Waals surface area contributed by atoms with Crippen LogP contribution in [-0.4, -0.2) is 34.7 Å². The molecule has 1 aromatic rings. The Balaban J connectivity index is 2.55. The van der Waals surface area contributed by atoms with Gasteiger partial charge in [-0.15, -0.1) is 0 Å². The fourth-order valence-corrected chi connectivity index (χ4v) is 1.77. The molecule has 0 aliphatic carbocycles. The molecule has 0 fully saturated rings. The van der Waals surface area contributed by atoms with Crippen LogP contribution in [0.25, 0.3) is 0 Å². The second-order valence-corrected chi connectivity index (χ2v) is 4.63. The van der Waals surface area contributed by atoms with Gasteiger partial charge in [0, 0.05) is 25.2 Å². The van der Waals surface area contributed by atoms with Gasteiger partial charge in [0.1, 0.15) is 0 Å². The molecule has 110 valence electrons. The quantitative estimate of drug-likeness (QED) is 0.600. The molecule has 0 aromatic heterocycles. The first kappa shape index (κ1) is 16.1. The number of carbonyl (C=O) groups excluding carboxylic acids is 1. The topological polar surface area (TPSA) is 98.7 Å². The van der Waals surface area contributed by atoms with Crippen LogP contribution >= 0.6 is 0 Å². The Hall–Kier alpha value is -1.92. The maximum absolute atomic E-state index is 10.9. The first-order valence-corrected chi connectivity index (χ1v) is 6.41. The molecule has 0 heterocycles. The van der Waals surface area contributed by atoms with E-state index in [9.17, 15) is 14.7 Å². The van der Waals surface area contributed by atoms with E-state index in [0.717, 1.165) is 0 Å². The number of aliphatic carboxylic acids is 1. The van der Waals surface area contributed by atoms with Gasteiger partial charge in [0.25, 0.3) is 0 Å². The molecule has 0 saturated carbocycles. The molecule has 20 heavy (non-hydrogen) atoms. The van der Waals surface area contributed by atoms with E-state index >= 15 is 0 Å². The molecule has 0 radical (unpaired) electrons. The highest BCUT2D eigenvalue weighted by Gasteiger charge is 2.16. The number of hydrogen-bond donors (Lipinski definition) is 4. The summed E-state index contributed by atoms with van der Waals surface area (Å²) in [5, 5.41) is 24.3. The zero-order valence-electron chi connectivity index (χ0n) is 11.6. The highest BCUT2D eigenvalue weighted by atomic mass is 16.4. The van der Waals surface area contributed by atoms with Gasteiger partial charge >= 0.3 is 5.97 Å². The summed E-state index contributed by atoms with van der Waals surface area (Å²) in [6.07, 6.45) is -0.728. The smallest absolute Gasteiger partial charge is 0.304 e. The number of anilines is 1. The van der Waals surface area contributed by atoms with E-state index in [2.05, 4.69) is 10.6 Å². The third-order valence-electron chi connectivity index (χ3n) is 2.85. The SMILES string of the molecule is CC(=O)Nc1ccc(C(O)C(C)NCCC(=O)O)cc1. The summed E-state index contributed by atoms with van der Waals surface area (Å²) in [7, 11) is 0. The maximum atomic E-state index is 10.9. The zero-order chi connectivity index (χ0) is 15.1. The summed E-state index contributed by atoms with van der Waals surface area (Å²) >= 11 is 0. The van der Waals surface area contributed by atoms with Crippen LogP contribution in [0.3, 0.4) is 0 Å². The second-order valence-electron chi connectivity index (χ2n) is 4.63. The van der Waals surface area contributed by atoms with Gasteiger partial charge in [-0.05, 0) is 24.6 Å². The molecule has 0 saturated heterocycles. The van der Waals surface area contributed by atoms with Crippen LogP contribution in [-0.2, 0) is 9.59 Å². The number of benzene rings is 1. The van der Waals surface area contributed by atoms with Crippen molar-refractivity contribution in [1.82, 2.24) is 5.32 Å². The highest BCUT2D eigenvalue weighted by molar-refractivity contribution is 5.88. The van der Waals surface area contributed by atoms with Gasteiger partial charge in [-0.1, -0.05) is 12.1 Å². The molecule has 0 bridgehead atoms. The Kier molecular flexibility index (Phi) is 6.14. The average Bonchev–Trinajstić information content (AvgIpc) is 2.37. The first-order chi connectivity index (χ1) is 9.40. The van der Waals surface area contributed by atoms with E-state index in [1.54, 1.807) is 31.2 Å². The third-order valence-corrected chi connectivity index (χ3v) is 2.85. The van der Waals surface area contributed by atoms with Crippen LogP contribution in [0.15, 0.2) is 24.3 Å². The Bertz CT molecular complexity index is 459. The van der Waals surface area contributed by atoms with Crippen LogP contribution in [0, 0.1) is 0 Å². The van der Waals surface area contributed by atoms with Crippen molar-refractivity contribution < 1.29 is 19.8 Å². The minimum atomic E-state index is -0.876. The average molecular weight is 280 g/mol. The van der Waals surface area contributed by atoms with Gasteiger partial charge in [0.2, 0.25) is 5.91 Å². The summed E-state index contributed by atoms with van der Waals surface area (Å²) in [5.41, 5.74) is 1.37. The number of rotatable bonds is 7. The van der Waals surface area contributed by atoms with Gasteiger partial charge in [0.05, 0.1) is 12.5 Å². The van der Waals surface area contributed by atoms with Crippen molar-refractivity contribution in [3.8, 4) is 0 Å². The van der Waals surface area contributed by atoms with Crippen LogP contribution in [0.4, 0.5) is 5.69 Å². The summed E-state index contributed by atoms with van der Waals surface area (Å²) in [5.74, 6) is -1.03. The Morgan fingerprint density at radius 2 is 1.85 bits per heavy atom. The largest absolute Gasteiger partial charge is 0.481 e. The predicted molar refractivity (Wildman–Crippen MR) is 75.4 cm³/mol. The number of hydrogen-bond acceptors (Lipinski definition) is 4. The molecular weight excluding hydrogens is 260 g/mol. The molecule has 1 amide bonds. The minimum absolute atomic E-state index is 0.0124. The molecule has 2 atom stereocenters. The number of aliphatic hydroxyl groups is 1. The lowest BCUT2D eigenvalue weighted by molar-refractivity contribution is -0.137. The van der Waals surface area contributed by atoms with E-state index in [1.165, 1.54) is 6.92 Å². The number of carboxylic acid groups (broad SMARTS) is 1. The molecule has 1 aromatic carbocycles. The summed E-state index contributed by atoms with van der Waals surface area (Å²) in [6, 6.07) is 6.62. The first-order valence-electron chi connectivity index (χ1n) is 6.41. The van der Waals surface area contributed by atoms with E-state index in [4.69, 9.17) is 5.11 Å². The van der Waals surface area contributed by atoms with Crippen LogP contribution in [0.5, 0.6) is 0 Å². The van der Waals surface area contributed by atoms with E-state index < -0.39 is 12.1 Å². The lowest BCUT2D eigenvalue weighted by Crippen LogP contribution is -2.33. The monoisotopic (exact) mass is 280 g/mol. The standard InChI is InChI=1S/C14H20N2O4/c1-9(15-8-7-13(18)19)14(20)11-3-5-12(6-4-11)16-10(2)17/h3-6,9,14-15,20H,7-8H2,1-2H3,(H,16,17)(H,18,19). The lowest BCUT2D eigenvalue weighted by atomic mass is 10.0. The van der Waals surface area contributed by atoms with Gasteiger partial charge < -0.3 is 20.8 Å². The van der Waals surface area contributed by atoms with E-state index in [1.807, 2.05) is 0 Å². The van der Waals surface area contributed by atoms with Gasteiger partial charge in [-0.3, -0.25) is 9.59 Å². The maximum Gasteiger partial charge on any atom is 0.304 e. The summed E-state index contributed by atoms with van der Waals surface area (Å²) < 4.78 is 0. The van der Waals surface area contributed by atoms with Crippen molar-refractivity contribution in [1.29, 1.82) is 0 Å². The number of carboxylic acids is 1. The van der Waals surface area contributed by atoms with Crippen molar-refractivity contribution in [2.45, 2.75) is 32.4 Å². The molecular formula is C14H20N2O4. The zero-order valence-corrected chi connectivity index (χ0v) is 11.6. The normalized spacial score (nSPS) is 13.6. The van der Waals surface area contributed by atoms with Crippen molar-refractivity contribution in [3.63, 3.8) is 0 Å². The Morgan fingerprint density at radius 1 is 1.25 bits per heavy atom. The number of amides is 1. The molecule has 0 spiro atoms. The fraction of sp³-hybridized carbons (Fsp3) is 0.429. The molecule has 0 aliphatic heterocycles. The van der Waals surface area contributed by atoms with E-state index in [0.29, 0.717) is 17.8 Å². The Labute approximate surface area is 117 Å². The van der Waals surface area contributed by atoms with Crippen LogP contribution < -0.4 is 10.6 Å². The summed E-state index contributed by atoms with van der Waals surface area (Å²) in [4.78, 5) is 21.3. The molecule has 0 aliphatic rings. The summed E-state index contributed by atoms with van der Waals surface area (Å²) in [6.45, 7) is 3.52. The van der Waals surface area contributed by atoms with Crippen molar-refractivity contribution in [3.05, 3.63) is 29.8 Å². The molecule has 2 unspecified atom stereocenters. The number of nitrogens with one attached hydrogen (secondary N) is 2. The van der Waals surface area contributed by atoms with Gasteiger partial charge in [0.15, 0.2) is 0 Å². The van der Waals surface area contributed by atoms with Gasteiger partial charge in [-0.25, -0.2) is 0 Å². The van der Waals surface area contributed by atoms with E-state index in [-0.39, 0.29) is 18.4 Å². The lowest BCUT2D eigenvalue weighted by Gasteiger charge is -2.20. The fourth-order valence-electron chi connectivity index (χ4n) is 1.77. The number of aliphatic hydroxyl groups excluding tert-OH is 1. The van der Waals surface area contributed by atoms with Gasteiger partial charge in [-0.2, -0.15) is 0 Å². The minimum Gasteiger partial charge on any atom is -0.481 e. The van der Waals surface area contributed by atoms with Crippen LogP contribution in [0.2, 0.25) is 0 Å². The van der Waals surface area contributed by atoms with Crippen molar-refractivity contribution in [2.75, 3.05) is 11.9 Å². The Morgan fingerprint density at radius 3 is 2.35 bits per heavy atom. The van der Waals surface area contributed by atoms with Crippen molar-refractivity contribution in [2.24, 2.45) is 0 Å². The second kappa shape index (κ2) is 7.62. The van der Waals surface area contributed by atoms with Crippen LogP contribution in [0.1, 0.15) is 31.9 Å². The molecule has 1 rings (SSSR count). The molecule has 6 heteroatoms. The van der Waals surface area contributed by atoms with Crippen molar-refractivity contribution >= 4 is 17.6 Å². The predicted octanol–water partition coefficient (Wildman–Crippen LogP) is 1.13. The highest BCUT2D eigenvalue weighted by Crippen LogP contribution is 2.19. The molecule has 6 nitrogen and oxygen atoms in total.